The van der Waals surface area contributed by atoms with Crippen LogP contribution in [0.4, 0.5) is 5.69 Å². The van der Waals surface area contributed by atoms with Gasteiger partial charge in [-0.3, -0.25) is 9.59 Å². The molecule has 1 fully saturated rings. The van der Waals surface area contributed by atoms with E-state index in [0.29, 0.717) is 5.02 Å². The van der Waals surface area contributed by atoms with Crippen molar-refractivity contribution in [3.8, 4) is 6.07 Å². The summed E-state index contributed by atoms with van der Waals surface area (Å²) in [7, 11) is 0. The summed E-state index contributed by atoms with van der Waals surface area (Å²) in [6.07, 6.45) is 1.80. The molecule has 0 atom stereocenters. The Morgan fingerprint density at radius 3 is 2.67 bits per heavy atom. The maximum Gasteiger partial charge on any atom is 0.313 e. The molecule has 1 aliphatic carbocycles. The lowest BCUT2D eigenvalue weighted by Gasteiger charge is -2.07. The monoisotopic (exact) mass is 263 g/mol. The van der Waals surface area contributed by atoms with Crippen LogP contribution in [0, 0.1) is 11.3 Å². The average Bonchev–Trinajstić information content (AvgIpc) is 3.13. The van der Waals surface area contributed by atoms with Crippen molar-refractivity contribution < 1.29 is 9.59 Å². The minimum Gasteiger partial charge on any atom is -0.345 e. The van der Waals surface area contributed by atoms with Gasteiger partial charge in [-0.15, -0.1) is 0 Å². The Morgan fingerprint density at radius 1 is 1.33 bits per heavy atom. The molecule has 2 N–H and O–H groups in total. The number of hydrogen-bond donors (Lipinski definition) is 2. The Bertz CT molecular complexity index is 547. The highest BCUT2D eigenvalue weighted by atomic mass is 35.5. The predicted molar refractivity (Wildman–Crippen MR) is 66.0 cm³/mol. The number of hydrogen-bond acceptors (Lipinski definition) is 3. The van der Waals surface area contributed by atoms with Gasteiger partial charge in [-0.2, -0.15) is 5.26 Å². The summed E-state index contributed by atoms with van der Waals surface area (Å²) >= 11 is 5.77. The Kier molecular flexibility index (Phi) is 3.49. The van der Waals surface area contributed by atoms with Gasteiger partial charge >= 0.3 is 11.8 Å². The van der Waals surface area contributed by atoms with E-state index in [1.807, 2.05) is 6.07 Å². The molecule has 0 heterocycles. The van der Waals surface area contributed by atoms with Crippen LogP contribution in [0.15, 0.2) is 18.2 Å². The molecule has 5 nitrogen and oxygen atoms in total. The molecule has 92 valence electrons. The molecule has 0 spiro atoms. The van der Waals surface area contributed by atoms with Crippen molar-refractivity contribution in [1.82, 2.24) is 5.32 Å². The summed E-state index contributed by atoms with van der Waals surface area (Å²) in [5.41, 5.74) is 0.493. The van der Waals surface area contributed by atoms with Crippen LogP contribution in [0.3, 0.4) is 0 Å². The van der Waals surface area contributed by atoms with E-state index in [0.717, 1.165) is 12.8 Å². The van der Waals surface area contributed by atoms with Crippen LogP contribution < -0.4 is 10.6 Å². The first-order chi connectivity index (χ1) is 8.60. The summed E-state index contributed by atoms with van der Waals surface area (Å²) in [4.78, 5) is 23.0. The highest BCUT2D eigenvalue weighted by molar-refractivity contribution is 6.40. The predicted octanol–water partition coefficient (Wildman–Crippen LogP) is 1.43. The second kappa shape index (κ2) is 5.07. The van der Waals surface area contributed by atoms with Crippen LogP contribution in [0.2, 0.25) is 5.02 Å². The van der Waals surface area contributed by atoms with Crippen molar-refractivity contribution in [2.75, 3.05) is 5.32 Å². The quantitative estimate of drug-likeness (QED) is 0.792. The molecule has 0 aliphatic heterocycles. The number of nitriles is 1. The third-order valence-electron chi connectivity index (χ3n) is 2.47. The molecular weight excluding hydrogens is 254 g/mol. The van der Waals surface area contributed by atoms with E-state index >= 15 is 0 Å². The molecule has 0 unspecified atom stereocenters. The van der Waals surface area contributed by atoms with Crippen molar-refractivity contribution in [1.29, 1.82) is 5.26 Å². The number of carbonyl (C=O) groups is 2. The maximum absolute atomic E-state index is 11.6. The molecule has 0 radical (unpaired) electrons. The summed E-state index contributed by atoms with van der Waals surface area (Å²) in [5, 5.41) is 14.2. The lowest BCUT2D eigenvalue weighted by molar-refractivity contribution is -0.136. The molecule has 1 aromatic rings. The van der Waals surface area contributed by atoms with E-state index in [2.05, 4.69) is 10.6 Å². The van der Waals surface area contributed by atoms with Crippen LogP contribution in [0.5, 0.6) is 0 Å². The first-order valence-corrected chi connectivity index (χ1v) is 5.79. The van der Waals surface area contributed by atoms with Gasteiger partial charge in [-0.05, 0) is 31.0 Å². The number of benzene rings is 1. The summed E-state index contributed by atoms with van der Waals surface area (Å²) < 4.78 is 0. The van der Waals surface area contributed by atoms with Crippen molar-refractivity contribution >= 4 is 29.1 Å². The van der Waals surface area contributed by atoms with Crippen LogP contribution in [-0.4, -0.2) is 17.9 Å². The number of nitrogens with one attached hydrogen (secondary N) is 2. The standard InChI is InChI=1S/C12H10ClN3O2/c13-8-2-1-7(6-14)10(5-8)16-12(18)11(17)15-9-3-4-9/h1-2,5,9H,3-4H2,(H,15,17)(H,16,18). The number of halogens is 1. The smallest absolute Gasteiger partial charge is 0.313 e. The van der Waals surface area contributed by atoms with E-state index in [-0.39, 0.29) is 17.3 Å². The SMILES string of the molecule is N#Cc1ccc(Cl)cc1NC(=O)C(=O)NC1CC1. The van der Waals surface area contributed by atoms with Crippen molar-refractivity contribution in [2.24, 2.45) is 0 Å². The molecule has 1 saturated carbocycles. The van der Waals surface area contributed by atoms with Gasteiger partial charge in [0.05, 0.1) is 11.3 Å². The fraction of sp³-hybridized carbons (Fsp3) is 0.250. The minimum atomic E-state index is -0.791. The molecule has 18 heavy (non-hydrogen) atoms. The normalized spacial score (nSPS) is 13.6. The number of nitrogens with zero attached hydrogens (tertiary/aromatic N) is 1. The largest absolute Gasteiger partial charge is 0.345 e. The van der Waals surface area contributed by atoms with E-state index in [9.17, 15) is 9.59 Å². The molecule has 0 bridgehead atoms. The van der Waals surface area contributed by atoms with Crippen LogP contribution in [-0.2, 0) is 9.59 Å². The Hall–Kier alpha value is -2.06. The molecule has 2 rings (SSSR count). The van der Waals surface area contributed by atoms with Gasteiger partial charge in [0.1, 0.15) is 6.07 Å². The van der Waals surface area contributed by atoms with Crippen LogP contribution in [0.1, 0.15) is 18.4 Å². The fourth-order valence-corrected chi connectivity index (χ4v) is 1.55. The first-order valence-electron chi connectivity index (χ1n) is 5.41. The second-order valence-electron chi connectivity index (χ2n) is 4.00. The molecule has 1 aromatic carbocycles. The topological polar surface area (TPSA) is 82.0 Å². The van der Waals surface area contributed by atoms with Gasteiger partial charge in [0.15, 0.2) is 0 Å². The van der Waals surface area contributed by atoms with Gasteiger partial charge in [-0.25, -0.2) is 0 Å². The van der Waals surface area contributed by atoms with Crippen molar-refractivity contribution in [2.45, 2.75) is 18.9 Å². The summed E-state index contributed by atoms with van der Waals surface area (Å²) in [5.74, 6) is -1.48. The van der Waals surface area contributed by atoms with E-state index < -0.39 is 11.8 Å². The lowest BCUT2D eigenvalue weighted by Crippen LogP contribution is -2.36. The summed E-state index contributed by atoms with van der Waals surface area (Å²) in [6, 6.07) is 6.48. The zero-order valence-electron chi connectivity index (χ0n) is 9.37. The first kappa shape index (κ1) is 12.4. The second-order valence-corrected chi connectivity index (χ2v) is 4.44. The minimum absolute atomic E-state index is 0.109. The van der Waals surface area contributed by atoms with Gasteiger partial charge in [0.2, 0.25) is 0 Å². The van der Waals surface area contributed by atoms with Crippen molar-refractivity contribution in [3.05, 3.63) is 28.8 Å². The van der Waals surface area contributed by atoms with Gasteiger partial charge in [0.25, 0.3) is 0 Å². The molecule has 6 heteroatoms. The Morgan fingerprint density at radius 2 is 2.06 bits per heavy atom. The Labute approximate surface area is 109 Å². The molecule has 1 aliphatic rings. The Balaban J connectivity index is 2.08. The number of amides is 2. The third kappa shape index (κ3) is 2.99. The molecule has 2 amide bonds. The van der Waals surface area contributed by atoms with Crippen molar-refractivity contribution in [3.63, 3.8) is 0 Å². The zero-order valence-corrected chi connectivity index (χ0v) is 10.1. The van der Waals surface area contributed by atoms with E-state index in [4.69, 9.17) is 16.9 Å². The summed E-state index contributed by atoms with van der Waals surface area (Å²) in [6.45, 7) is 0. The van der Waals surface area contributed by atoms with Gasteiger partial charge < -0.3 is 10.6 Å². The maximum atomic E-state index is 11.6. The van der Waals surface area contributed by atoms with E-state index in [1.54, 1.807) is 6.07 Å². The highest BCUT2D eigenvalue weighted by Crippen LogP contribution is 2.21. The lowest BCUT2D eigenvalue weighted by atomic mass is 10.2. The van der Waals surface area contributed by atoms with E-state index in [1.165, 1.54) is 12.1 Å². The average molecular weight is 264 g/mol. The number of carbonyl (C=O) groups excluding carboxylic acids is 2. The highest BCUT2D eigenvalue weighted by Gasteiger charge is 2.26. The number of rotatable bonds is 2. The zero-order chi connectivity index (χ0) is 13.1. The number of anilines is 1. The van der Waals surface area contributed by atoms with Crippen LogP contribution in [0.25, 0.3) is 0 Å². The van der Waals surface area contributed by atoms with Gasteiger partial charge in [-0.1, -0.05) is 11.6 Å². The van der Waals surface area contributed by atoms with Gasteiger partial charge in [0, 0.05) is 11.1 Å². The fourth-order valence-electron chi connectivity index (χ4n) is 1.38. The molecule has 0 saturated heterocycles. The third-order valence-corrected chi connectivity index (χ3v) is 2.70. The molecule has 0 aromatic heterocycles. The van der Waals surface area contributed by atoms with Crippen LogP contribution >= 0.6 is 11.6 Å². The molecular formula is C12H10ClN3O2.